The Bertz CT molecular complexity index is 134. The van der Waals surface area contributed by atoms with E-state index in [0.717, 1.165) is 0 Å². The van der Waals surface area contributed by atoms with Crippen LogP contribution in [-0.2, 0) is 14.3 Å². The van der Waals surface area contributed by atoms with Crippen molar-refractivity contribution in [3.63, 3.8) is 0 Å². The zero-order chi connectivity index (χ0) is 6.85. The minimum absolute atomic E-state index is 0.0150. The summed E-state index contributed by atoms with van der Waals surface area (Å²) in [7, 11) is 0. The summed E-state index contributed by atoms with van der Waals surface area (Å²) >= 11 is 0. The van der Waals surface area contributed by atoms with E-state index in [1.807, 2.05) is 0 Å². The molecule has 1 heterocycles. The van der Waals surface area contributed by atoms with E-state index < -0.39 is 5.97 Å². The summed E-state index contributed by atoms with van der Waals surface area (Å²) in [5.74, 6) is -0.405. The minimum Gasteiger partial charge on any atom is -0.462 e. The zero-order valence-electron chi connectivity index (χ0n) is 5.22. The smallest absolute Gasteiger partial charge is 0.313 e. The van der Waals surface area contributed by atoms with Crippen LogP contribution in [0.5, 0.6) is 0 Å². The normalized spacial score (nSPS) is 27.9. The molecule has 1 aliphatic heterocycles. The molecule has 1 atom stereocenters. The van der Waals surface area contributed by atoms with Gasteiger partial charge < -0.3 is 4.74 Å². The van der Waals surface area contributed by atoms with Crippen molar-refractivity contribution in [3.05, 3.63) is 0 Å². The van der Waals surface area contributed by atoms with Crippen molar-refractivity contribution in [3.8, 4) is 0 Å². The summed E-state index contributed by atoms with van der Waals surface area (Å²) in [5, 5.41) is 0. The summed E-state index contributed by atoms with van der Waals surface area (Å²) in [6, 6.07) is 0. The fourth-order valence-electron chi connectivity index (χ4n) is 0.861. The highest BCUT2D eigenvalue weighted by molar-refractivity contribution is 5.97. The Labute approximate surface area is 53.0 Å². The number of esters is 1. The first-order valence-electron chi connectivity index (χ1n) is 2.89. The summed E-state index contributed by atoms with van der Waals surface area (Å²) in [6.45, 7) is 1.72. The lowest BCUT2D eigenvalue weighted by Gasteiger charge is -2.16. The van der Waals surface area contributed by atoms with Gasteiger partial charge in [0, 0.05) is 6.42 Å². The van der Waals surface area contributed by atoms with Gasteiger partial charge in [-0.25, -0.2) is 0 Å². The van der Waals surface area contributed by atoms with Crippen molar-refractivity contribution in [2.75, 3.05) is 0 Å². The Morgan fingerprint density at radius 1 is 1.56 bits per heavy atom. The minimum atomic E-state index is -0.390. The second-order valence-electron chi connectivity index (χ2n) is 2.22. The van der Waals surface area contributed by atoms with Crippen LogP contribution >= 0.6 is 0 Å². The number of Topliss-reactive ketones (excluding diaryl/α,β-unsaturated/α-hetero) is 1. The molecule has 1 rings (SSSR count). The van der Waals surface area contributed by atoms with Crippen molar-refractivity contribution in [2.24, 2.45) is 0 Å². The van der Waals surface area contributed by atoms with Gasteiger partial charge >= 0.3 is 5.97 Å². The van der Waals surface area contributed by atoms with Gasteiger partial charge in [0.25, 0.3) is 0 Å². The second kappa shape index (κ2) is 2.17. The van der Waals surface area contributed by atoms with E-state index in [0.29, 0.717) is 6.42 Å². The quantitative estimate of drug-likeness (QED) is 0.347. The van der Waals surface area contributed by atoms with Crippen molar-refractivity contribution in [1.82, 2.24) is 0 Å². The van der Waals surface area contributed by atoms with Crippen LogP contribution in [0.15, 0.2) is 0 Å². The topological polar surface area (TPSA) is 43.4 Å². The lowest BCUT2D eigenvalue weighted by Crippen LogP contribution is -2.27. The molecule has 0 amide bonds. The highest BCUT2D eigenvalue weighted by Gasteiger charge is 2.22. The van der Waals surface area contributed by atoms with Crippen LogP contribution in [0.4, 0.5) is 0 Å². The van der Waals surface area contributed by atoms with Crippen LogP contribution in [0.3, 0.4) is 0 Å². The molecule has 0 bridgehead atoms. The van der Waals surface area contributed by atoms with E-state index in [1.165, 1.54) is 0 Å². The Morgan fingerprint density at radius 2 is 2.22 bits per heavy atom. The molecule has 1 fully saturated rings. The maximum atomic E-state index is 10.6. The molecule has 3 heteroatoms. The standard InChI is InChI=1S/C6H8O3/c1-4-2-5(7)3-6(8)9-4/h4H,2-3H2,1H3/t4-/m1/s1. The van der Waals surface area contributed by atoms with Crippen LogP contribution < -0.4 is 0 Å². The van der Waals surface area contributed by atoms with Crippen molar-refractivity contribution < 1.29 is 14.3 Å². The first-order valence-corrected chi connectivity index (χ1v) is 2.89. The van der Waals surface area contributed by atoms with Crippen LogP contribution in [0.1, 0.15) is 19.8 Å². The number of hydrogen-bond acceptors (Lipinski definition) is 3. The monoisotopic (exact) mass is 128 g/mol. The van der Waals surface area contributed by atoms with E-state index in [4.69, 9.17) is 4.74 Å². The van der Waals surface area contributed by atoms with Gasteiger partial charge in [-0.05, 0) is 6.92 Å². The molecule has 0 aromatic rings. The van der Waals surface area contributed by atoms with Gasteiger partial charge in [-0.1, -0.05) is 0 Å². The lowest BCUT2D eigenvalue weighted by molar-refractivity contribution is -0.156. The molecule has 0 saturated carbocycles. The first-order chi connectivity index (χ1) is 4.18. The number of ether oxygens (including phenoxy) is 1. The molecule has 0 spiro atoms. The average Bonchev–Trinajstić information content (AvgIpc) is 1.59. The summed E-state index contributed by atoms with van der Waals surface area (Å²) in [5.41, 5.74) is 0. The van der Waals surface area contributed by atoms with Gasteiger partial charge in [0.05, 0.1) is 0 Å². The summed E-state index contributed by atoms with van der Waals surface area (Å²) in [6.07, 6.45) is 0.134. The molecule has 9 heavy (non-hydrogen) atoms. The number of hydrogen-bond donors (Lipinski definition) is 0. The van der Waals surface area contributed by atoms with Gasteiger partial charge in [0.2, 0.25) is 0 Å². The molecule has 1 aliphatic rings. The van der Waals surface area contributed by atoms with Gasteiger partial charge in [-0.3, -0.25) is 9.59 Å². The summed E-state index contributed by atoms with van der Waals surface area (Å²) in [4.78, 5) is 21.0. The van der Waals surface area contributed by atoms with Crippen molar-refractivity contribution in [1.29, 1.82) is 0 Å². The summed E-state index contributed by atoms with van der Waals surface area (Å²) < 4.78 is 4.70. The SMILES string of the molecule is C[C@@H]1CC(=O)CC(=O)O1. The second-order valence-corrected chi connectivity index (χ2v) is 2.22. The molecule has 0 aromatic carbocycles. The largest absolute Gasteiger partial charge is 0.462 e. The molecule has 3 nitrogen and oxygen atoms in total. The first kappa shape index (κ1) is 6.26. The van der Waals surface area contributed by atoms with Crippen LogP contribution in [0.25, 0.3) is 0 Å². The number of rotatable bonds is 0. The van der Waals surface area contributed by atoms with E-state index in [1.54, 1.807) is 6.92 Å². The predicted molar refractivity (Wildman–Crippen MR) is 29.8 cm³/mol. The molecule has 1 saturated heterocycles. The molecule has 0 aromatic heterocycles. The third kappa shape index (κ3) is 1.52. The average molecular weight is 128 g/mol. The molecular formula is C6H8O3. The van der Waals surface area contributed by atoms with Crippen molar-refractivity contribution >= 4 is 11.8 Å². The Balaban J connectivity index is 2.53. The predicted octanol–water partition coefficient (Wildman–Crippen LogP) is 0.281. The third-order valence-electron chi connectivity index (χ3n) is 1.19. The maximum Gasteiger partial charge on any atom is 0.313 e. The van der Waals surface area contributed by atoms with E-state index >= 15 is 0 Å². The number of ketones is 1. The molecule has 0 aliphatic carbocycles. The van der Waals surface area contributed by atoms with E-state index in [-0.39, 0.29) is 18.3 Å². The zero-order valence-corrected chi connectivity index (χ0v) is 5.22. The number of carbonyl (C=O) groups is 2. The molecule has 0 radical (unpaired) electrons. The van der Waals surface area contributed by atoms with Crippen LogP contribution in [0.2, 0.25) is 0 Å². The van der Waals surface area contributed by atoms with Gasteiger partial charge in [-0.2, -0.15) is 0 Å². The fourth-order valence-corrected chi connectivity index (χ4v) is 0.861. The lowest BCUT2D eigenvalue weighted by atomic mass is 10.1. The Morgan fingerprint density at radius 3 is 2.67 bits per heavy atom. The highest BCUT2D eigenvalue weighted by Crippen LogP contribution is 2.09. The fraction of sp³-hybridized carbons (Fsp3) is 0.667. The van der Waals surface area contributed by atoms with Gasteiger partial charge in [0.15, 0.2) is 0 Å². The van der Waals surface area contributed by atoms with E-state index in [9.17, 15) is 9.59 Å². The highest BCUT2D eigenvalue weighted by atomic mass is 16.5. The Kier molecular flexibility index (Phi) is 1.51. The molecule has 0 unspecified atom stereocenters. The third-order valence-corrected chi connectivity index (χ3v) is 1.19. The van der Waals surface area contributed by atoms with E-state index in [2.05, 4.69) is 0 Å². The molecule has 50 valence electrons. The van der Waals surface area contributed by atoms with Gasteiger partial charge in [0.1, 0.15) is 18.3 Å². The van der Waals surface area contributed by atoms with Crippen LogP contribution in [-0.4, -0.2) is 17.9 Å². The maximum absolute atomic E-state index is 10.6. The van der Waals surface area contributed by atoms with Gasteiger partial charge in [-0.15, -0.1) is 0 Å². The van der Waals surface area contributed by atoms with Crippen LogP contribution in [0, 0.1) is 0 Å². The Hall–Kier alpha value is -0.860. The van der Waals surface area contributed by atoms with Crippen molar-refractivity contribution in [2.45, 2.75) is 25.9 Å². The molecular weight excluding hydrogens is 120 g/mol. The molecule has 0 N–H and O–H groups in total. The number of carbonyl (C=O) groups excluding carboxylic acids is 2. The number of cyclic esters (lactones) is 1.